The van der Waals surface area contributed by atoms with Gasteiger partial charge in [0.15, 0.2) is 0 Å². The molecule has 1 aliphatic heterocycles. The Labute approximate surface area is 106 Å². The summed E-state index contributed by atoms with van der Waals surface area (Å²) >= 11 is 0. The van der Waals surface area contributed by atoms with Crippen LogP contribution in [0.4, 0.5) is 0 Å². The van der Waals surface area contributed by atoms with Crippen LogP contribution in [0, 0.1) is 0 Å². The molecule has 2 rings (SSSR count). The van der Waals surface area contributed by atoms with E-state index in [1.807, 2.05) is 4.90 Å². The second-order valence-electron chi connectivity index (χ2n) is 4.48. The monoisotopic (exact) mass is 247 g/mol. The predicted molar refractivity (Wildman–Crippen MR) is 66.9 cm³/mol. The quantitative estimate of drug-likeness (QED) is 0.855. The van der Waals surface area contributed by atoms with Gasteiger partial charge in [-0.05, 0) is 31.4 Å². The minimum absolute atomic E-state index is 0.0240. The normalized spacial score (nSPS) is 15.4. The van der Waals surface area contributed by atoms with Gasteiger partial charge in [0.25, 0.3) is 5.91 Å². The van der Waals surface area contributed by atoms with Gasteiger partial charge in [0.2, 0.25) is 5.91 Å². The topological polar surface area (TPSA) is 76.3 Å². The van der Waals surface area contributed by atoms with Crippen LogP contribution in [0.1, 0.15) is 35.3 Å². The largest absolute Gasteiger partial charge is 0.366 e. The highest BCUT2D eigenvalue weighted by Crippen LogP contribution is 2.12. The first-order valence-electron chi connectivity index (χ1n) is 6.20. The zero-order valence-corrected chi connectivity index (χ0v) is 10.3. The lowest BCUT2D eigenvalue weighted by atomic mass is 10.1. The maximum absolute atomic E-state index is 12.1. The van der Waals surface area contributed by atoms with E-state index in [2.05, 4.69) is 4.98 Å². The van der Waals surface area contributed by atoms with Crippen molar-refractivity contribution >= 4 is 11.8 Å². The predicted octanol–water partition coefficient (Wildman–Crippen LogP) is 0.735. The molecule has 0 aliphatic carbocycles. The van der Waals surface area contributed by atoms with Crippen molar-refractivity contribution in [2.24, 2.45) is 5.73 Å². The zero-order valence-electron chi connectivity index (χ0n) is 10.3. The Kier molecular flexibility index (Phi) is 3.92. The Morgan fingerprint density at radius 1 is 1.28 bits per heavy atom. The lowest BCUT2D eigenvalue weighted by molar-refractivity contribution is -0.131. The minimum Gasteiger partial charge on any atom is -0.366 e. The van der Waals surface area contributed by atoms with E-state index in [0.717, 1.165) is 25.9 Å². The molecule has 2 heterocycles. The molecule has 1 fully saturated rings. The Morgan fingerprint density at radius 3 is 2.67 bits per heavy atom. The number of primary amides is 1. The van der Waals surface area contributed by atoms with Crippen molar-refractivity contribution < 1.29 is 9.59 Å². The second kappa shape index (κ2) is 5.62. The van der Waals surface area contributed by atoms with E-state index in [-0.39, 0.29) is 12.3 Å². The summed E-state index contributed by atoms with van der Waals surface area (Å²) in [6.07, 6.45) is 5.01. The fourth-order valence-electron chi connectivity index (χ4n) is 2.20. The number of hydrogen-bond donors (Lipinski definition) is 1. The number of aromatic nitrogens is 1. The fraction of sp³-hybridized carbons (Fsp3) is 0.462. The van der Waals surface area contributed by atoms with Crippen molar-refractivity contribution in [3.05, 3.63) is 29.6 Å². The van der Waals surface area contributed by atoms with Gasteiger partial charge in [0.1, 0.15) is 0 Å². The average Bonchev–Trinajstić information content (AvgIpc) is 2.40. The lowest BCUT2D eigenvalue weighted by Crippen LogP contribution is -2.37. The number of nitrogens with two attached hydrogens (primary N) is 1. The van der Waals surface area contributed by atoms with Gasteiger partial charge in [-0.2, -0.15) is 0 Å². The van der Waals surface area contributed by atoms with Crippen LogP contribution in [0.3, 0.4) is 0 Å². The van der Waals surface area contributed by atoms with Gasteiger partial charge in [-0.15, -0.1) is 0 Å². The molecule has 1 saturated heterocycles. The summed E-state index contributed by atoms with van der Waals surface area (Å²) in [4.78, 5) is 29.2. The van der Waals surface area contributed by atoms with Crippen LogP contribution < -0.4 is 5.73 Å². The smallest absolute Gasteiger partial charge is 0.250 e. The Hall–Kier alpha value is -1.91. The van der Waals surface area contributed by atoms with Crippen LogP contribution in [0.5, 0.6) is 0 Å². The first-order valence-corrected chi connectivity index (χ1v) is 6.20. The molecule has 2 N–H and O–H groups in total. The Balaban J connectivity index is 2.08. The summed E-state index contributed by atoms with van der Waals surface area (Å²) in [5, 5.41) is 0. The molecule has 2 amide bonds. The van der Waals surface area contributed by atoms with E-state index in [0.29, 0.717) is 11.3 Å². The number of piperidine rings is 1. The molecule has 0 saturated carbocycles. The van der Waals surface area contributed by atoms with E-state index in [1.165, 1.54) is 6.42 Å². The van der Waals surface area contributed by atoms with Crippen LogP contribution in [-0.4, -0.2) is 34.8 Å². The number of carbonyl (C=O) groups is 2. The van der Waals surface area contributed by atoms with Crippen molar-refractivity contribution in [1.82, 2.24) is 9.88 Å². The third-order valence-corrected chi connectivity index (χ3v) is 3.18. The molecule has 1 aliphatic rings. The minimum atomic E-state index is -0.537. The molecule has 5 heteroatoms. The van der Waals surface area contributed by atoms with Crippen molar-refractivity contribution in [3.63, 3.8) is 0 Å². The first kappa shape index (κ1) is 12.5. The number of pyridine rings is 1. The number of likely N-dealkylation sites (tertiary alicyclic amines) is 1. The molecule has 0 spiro atoms. The summed E-state index contributed by atoms with van der Waals surface area (Å²) in [6, 6.07) is 3.25. The SMILES string of the molecule is NC(=O)c1cccnc1CC(=O)N1CCCCC1. The van der Waals surface area contributed by atoms with Gasteiger partial charge in [0.05, 0.1) is 17.7 Å². The highest BCUT2D eigenvalue weighted by Gasteiger charge is 2.19. The van der Waals surface area contributed by atoms with E-state index >= 15 is 0 Å². The van der Waals surface area contributed by atoms with Gasteiger partial charge in [0, 0.05) is 19.3 Å². The fourth-order valence-corrected chi connectivity index (χ4v) is 2.20. The molecule has 0 unspecified atom stereocenters. The number of hydrogen-bond acceptors (Lipinski definition) is 3. The third-order valence-electron chi connectivity index (χ3n) is 3.18. The van der Waals surface area contributed by atoms with Crippen molar-refractivity contribution in [3.8, 4) is 0 Å². The molecular weight excluding hydrogens is 230 g/mol. The molecule has 0 atom stereocenters. The lowest BCUT2D eigenvalue weighted by Gasteiger charge is -2.26. The average molecular weight is 247 g/mol. The van der Waals surface area contributed by atoms with E-state index < -0.39 is 5.91 Å². The summed E-state index contributed by atoms with van der Waals surface area (Å²) in [5.41, 5.74) is 6.07. The number of rotatable bonds is 3. The number of amides is 2. The van der Waals surface area contributed by atoms with Gasteiger partial charge < -0.3 is 10.6 Å². The summed E-state index contributed by atoms with van der Waals surface area (Å²) in [6.45, 7) is 1.61. The zero-order chi connectivity index (χ0) is 13.0. The van der Waals surface area contributed by atoms with Crippen LogP contribution in [-0.2, 0) is 11.2 Å². The highest BCUT2D eigenvalue weighted by atomic mass is 16.2. The van der Waals surface area contributed by atoms with Crippen molar-refractivity contribution in [2.45, 2.75) is 25.7 Å². The van der Waals surface area contributed by atoms with Crippen LogP contribution >= 0.6 is 0 Å². The standard InChI is InChI=1S/C13H17N3O2/c14-13(18)10-5-4-6-15-11(10)9-12(17)16-7-2-1-3-8-16/h4-6H,1-3,7-9H2,(H2,14,18). The molecule has 96 valence electrons. The van der Waals surface area contributed by atoms with Gasteiger partial charge in [-0.3, -0.25) is 14.6 Å². The molecular formula is C13H17N3O2. The Morgan fingerprint density at radius 2 is 2.00 bits per heavy atom. The summed E-state index contributed by atoms with van der Waals surface area (Å²) < 4.78 is 0. The van der Waals surface area contributed by atoms with Crippen molar-refractivity contribution in [2.75, 3.05) is 13.1 Å². The first-order chi connectivity index (χ1) is 8.68. The van der Waals surface area contributed by atoms with E-state index in [4.69, 9.17) is 5.73 Å². The molecule has 0 aromatic carbocycles. The van der Waals surface area contributed by atoms with Gasteiger partial charge >= 0.3 is 0 Å². The van der Waals surface area contributed by atoms with Crippen LogP contribution in [0.15, 0.2) is 18.3 Å². The molecule has 0 radical (unpaired) electrons. The molecule has 1 aromatic rings. The third kappa shape index (κ3) is 2.85. The molecule has 0 bridgehead atoms. The molecule has 5 nitrogen and oxygen atoms in total. The molecule has 18 heavy (non-hydrogen) atoms. The van der Waals surface area contributed by atoms with E-state index in [1.54, 1.807) is 18.3 Å². The van der Waals surface area contributed by atoms with Crippen LogP contribution in [0.25, 0.3) is 0 Å². The summed E-state index contributed by atoms with van der Waals surface area (Å²) in [7, 11) is 0. The van der Waals surface area contributed by atoms with Crippen molar-refractivity contribution in [1.29, 1.82) is 0 Å². The maximum atomic E-state index is 12.1. The number of carbonyl (C=O) groups excluding carboxylic acids is 2. The highest BCUT2D eigenvalue weighted by molar-refractivity contribution is 5.95. The van der Waals surface area contributed by atoms with Gasteiger partial charge in [-0.1, -0.05) is 0 Å². The summed E-state index contributed by atoms with van der Waals surface area (Å²) in [5.74, 6) is -0.513. The van der Waals surface area contributed by atoms with Gasteiger partial charge in [-0.25, -0.2) is 0 Å². The second-order valence-corrected chi connectivity index (χ2v) is 4.48. The number of nitrogens with zero attached hydrogens (tertiary/aromatic N) is 2. The maximum Gasteiger partial charge on any atom is 0.250 e. The van der Waals surface area contributed by atoms with E-state index in [9.17, 15) is 9.59 Å². The Bertz CT molecular complexity index is 453. The van der Waals surface area contributed by atoms with Crippen LogP contribution in [0.2, 0.25) is 0 Å². The molecule has 1 aromatic heterocycles.